The van der Waals surface area contributed by atoms with Crippen LogP contribution in [0.1, 0.15) is 200 Å². The Morgan fingerprint density at radius 2 is 0.915 bits per heavy atom. The summed E-state index contributed by atoms with van der Waals surface area (Å²) in [4.78, 5) is 37.6. The van der Waals surface area contributed by atoms with E-state index < -0.39 is 32.5 Å². The van der Waals surface area contributed by atoms with Crippen molar-refractivity contribution >= 4 is 19.8 Å². The van der Waals surface area contributed by atoms with Crippen LogP contribution in [0.5, 0.6) is 0 Å². The van der Waals surface area contributed by atoms with Crippen LogP contribution >= 0.6 is 7.82 Å². The molecule has 0 bridgehead atoms. The van der Waals surface area contributed by atoms with Crippen molar-refractivity contribution in [2.75, 3.05) is 47.5 Å². The molecule has 0 aliphatic heterocycles. The number of unbranched alkanes of at least 4 members (excludes halogenated alkanes) is 21. The second-order valence-corrected chi connectivity index (χ2v) is 18.5. The zero-order valence-corrected chi connectivity index (χ0v) is 39.6. The molecule has 0 spiro atoms. The molecule has 0 aromatic carbocycles. The summed E-state index contributed by atoms with van der Waals surface area (Å²) in [6.07, 6.45) is 48.5. The number of rotatable bonds is 43. The van der Waals surface area contributed by atoms with Crippen molar-refractivity contribution in [3.8, 4) is 0 Å². The quantitative estimate of drug-likeness (QED) is 0.0196. The Morgan fingerprint density at radius 1 is 0.525 bits per heavy atom. The second-order valence-electron chi connectivity index (χ2n) is 17.1. The fraction of sp³-hybridized carbons (Fsp3) is 0.796. The largest absolute Gasteiger partial charge is 0.756 e. The predicted octanol–water partition coefficient (Wildman–Crippen LogP) is 13.2. The number of carbonyl (C=O) groups excluding carboxylic acids is 2. The molecular formula is C49H90NO8P. The fourth-order valence-corrected chi connectivity index (χ4v) is 7.03. The maximum absolute atomic E-state index is 12.7. The van der Waals surface area contributed by atoms with Crippen molar-refractivity contribution in [2.45, 2.75) is 206 Å². The summed E-state index contributed by atoms with van der Waals surface area (Å²) in [7, 11) is 1.15. The van der Waals surface area contributed by atoms with Gasteiger partial charge in [-0.2, -0.15) is 0 Å². The van der Waals surface area contributed by atoms with Crippen LogP contribution in [0, 0.1) is 0 Å². The number of nitrogens with zero attached hydrogens (tertiary/aromatic N) is 1. The topological polar surface area (TPSA) is 111 Å². The Kier molecular flexibility index (Phi) is 39.9. The van der Waals surface area contributed by atoms with E-state index in [1.54, 1.807) is 0 Å². The molecular weight excluding hydrogens is 762 g/mol. The Bertz CT molecular complexity index is 1150. The SMILES string of the molecule is CCCCCCC/C=C\C/C=C\C/C=C\CCCCCCCCC(=O)OC(COC(=O)CCCCCCC/C=C\CCCCCCC)COP(=O)([O-])OCC[N+](C)(C)C. The van der Waals surface area contributed by atoms with E-state index in [2.05, 4.69) is 62.5 Å². The molecule has 0 N–H and O–H groups in total. The summed E-state index contributed by atoms with van der Waals surface area (Å²) in [6.45, 7) is 4.18. The lowest BCUT2D eigenvalue weighted by molar-refractivity contribution is -0.870. The molecule has 0 saturated carbocycles. The first-order valence-corrected chi connectivity index (χ1v) is 25.3. The molecule has 0 heterocycles. The number of carbonyl (C=O) groups is 2. The van der Waals surface area contributed by atoms with E-state index in [0.29, 0.717) is 17.4 Å². The van der Waals surface area contributed by atoms with Gasteiger partial charge in [-0.05, 0) is 77.0 Å². The molecule has 0 radical (unpaired) electrons. The Morgan fingerprint density at radius 3 is 1.37 bits per heavy atom. The standard InChI is InChI=1S/C49H90NO8P/c1-6-8-10-12-14-16-18-20-22-23-24-25-26-27-28-30-32-34-36-38-40-42-49(52)58-47(46-57-59(53,54)56-44-43-50(3,4)5)45-55-48(51)41-39-37-35-33-31-29-21-19-17-15-13-11-9-7-2/h18-21,23-24,26-27,47H,6-17,22,25,28-46H2,1-5H3/b20-18-,21-19-,24-23-,27-26-. The average Bonchev–Trinajstić information content (AvgIpc) is 3.19. The summed E-state index contributed by atoms with van der Waals surface area (Å²) in [6, 6.07) is 0. The zero-order chi connectivity index (χ0) is 43.6. The highest BCUT2D eigenvalue weighted by molar-refractivity contribution is 7.45. The van der Waals surface area contributed by atoms with E-state index in [4.69, 9.17) is 18.5 Å². The lowest BCUT2D eigenvalue weighted by Crippen LogP contribution is -2.37. The van der Waals surface area contributed by atoms with Crippen LogP contribution in [0.25, 0.3) is 0 Å². The second kappa shape index (κ2) is 41.3. The maximum atomic E-state index is 12.7. The Hall–Kier alpha value is -2.03. The highest BCUT2D eigenvalue weighted by Gasteiger charge is 2.21. The predicted molar refractivity (Wildman–Crippen MR) is 245 cm³/mol. The van der Waals surface area contributed by atoms with Crippen LogP contribution in [0.3, 0.4) is 0 Å². The van der Waals surface area contributed by atoms with Gasteiger partial charge in [-0.25, -0.2) is 0 Å². The number of hydrogen-bond acceptors (Lipinski definition) is 8. The van der Waals surface area contributed by atoms with E-state index in [9.17, 15) is 19.0 Å². The van der Waals surface area contributed by atoms with E-state index >= 15 is 0 Å². The number of allylic oxidation sites excluding steroid dienone is 8. The molecule has 10 heteroatoms. The van der Waals surface area contributed by atoms with E-state index in [-0.39, 0.29) is 26.1 Å². The first-order chi connectivity index (χ1) is 28.5. The van der Waals surface area contributed by atoms with Crippen LogP contribution in [0.2, 0.25) is 0 Å². The van der Waals surface area contributed by atoms with Gasteiger partial charge in [-0.1, -0.05) is 159 Å². The van der Waals surface area contributed by atoms with Gasteiger partial charge in [0.2, 0.25) is 0 Å². The van der Waals surface area contributed by atoms with Crippen LogP contribution in [0.4, 0.5) is 0 Å². The Labute approximate surface area is 363 Å². The van der Waals surface area contributed by atoms with Crippen molar-refractivity contribution < 1.29 is 42.1 Å². The number of hydrogen-bond donors (Lipinski definition) is 0. The molecule has 59 heavy (non-hydrogen) atoms. The number of quaternary nitrogens is 1. The lowest BCUT2D eigenvalue weighted by Gasteiger charge is -2.28. The van der Waals surface area contributed by atoms with Crippen LogP contribution in [-0.2, 0) is 32.7 Å². The maximum Gasteiger partial charge on any atom is 0.306 e. The highest BCUT2D eigenvalue weighted by Crippen LogP contribution is 2.38. The Balaban J connectivity index is 4.34. The first-order valence-electron chi connectivity index (χ1n) is 23.8. The number of phosphoric ester groups is 1. The normalized spacial score (nSPS) is 13.9. The lowest BCUT2D eigenvalue weighted by atomic mass is 10.1. The molecule has 0 aromatic rings. The third kappa shape index (κ3) is 45.3. The minimum absolute atomic E-state index is 0.0362. The molecule has 0 aliphatic rings. The third-order valence-electron chi connectivity index (χ3n) is 10.1. The number of likely N-dealkylation sites (N-methyl/N-ethyl adjacent to an activating group) is 1. The van der Waals surface area contributed by atoms with Crippen LogP contribution in [-0.4, -0.2) is 70.0 Å². The molecule has 0 saturated heterocycles. The fourth-order valence-electron chi connectivity index (χ4n) is 6.30. The summed E-state index contributed by atoms with van der Waals surface area (Å²) in [5, 5.41) is 0. The molecule has 0 aromatic heterocycles. The molecule has 0 fully saturated rings. The van der Waals surface area contributed by atoms with Crippen molar-refractivity contribution in [3.63, 3.8) is 0 Å². The van der Waals surface area contributed by atoms with Gasteiger partial charge < -0.3 is 27.9 Å². The zero-order valence-electron chi connectivity index (χ0n) is 38.7. The molecule has 2 atom stereocenters. The molecule has 0 amide bonds. The average molecular weight is 852 g/mol. The van der Waals surface area contributed by atoms with Gasteiger partial charge >= 0.3 is 11.9 Å². The van der Waals surface area contributed by atoms with Crippen LogP contribution in [0.15, 0.2) is 48.6 Å². The molecule has 9 nitrogen and oxygen atoms in total. The smallest absolute Gasteiger partial charge is 0.306 e. The van der Waals surface area contributed by atoms with E-state index in [1.165, 1.54) is 77.0 Å². The van der Waals surface area contributed by atoms with Crippen molar-refractivity contribution in [1.82, 2.24) is 0 Å². The molecule has 344 valence electrons. The summed E-state index contributed by atoms with van der Waals surface area (Å²) >= 11 is 0. The molecule has 2 unspecified atom stereocenters. The van der Waals surface area contributed by atoms with Crippen molar-refractivity contribution in [1.29, 1.82) is 0 Å². The number of phosphoric acid groups is 1. The summed E-state index contributed by atoms with van der Waals surface area (Å²) in [5.74, 6) is -0.858. The highest BCUT2D eigenvalue weighted by atomic mass is 31.2. The van der Waals surface area contributed by atoms with Gasteiger partial charge in [0, 0.05) is 12.8 Å². The van der Waals surface area contributed by atoms with Gasteiger partial charge in [0.25, 0.3) is 7.82 Å². The van der Waals surface area contributed by atoms with Gasteiger partial charge in [0.1, 0.15) is 19.8 Å². The first kappa shape index (κ1) is 57.0. The molecule has 0 rings (SSSR count). The minimum atomic E-state index is -4.63. The number of ether oxygens (including phenoxy) is 2. The third-order valence-corrected chi connectivity index (χ3v) is 11.0. The van der Waals surface area contributed by atoms with Gasteiger partial charge in [-0.3, -0.25) is 14.2 Å². The van der Waals surface area contributed by atoms with Gasteiger partial charge in [0.05, 0.1) is 27.7 Å². The summed E-state index contributed by atoms with van der Waals surface area (Å²) in [5.41, 5.74) is 0. The molecule has 0 aliphatic carbocycles. The van der Waals surface area contributed by atoms with Gasteiger partial charge in [0.15, 0.2) is 6.10 Å². The van der Waals surface area contributed by atoms with Crippen LogP contribution < -0.4 is 4.89 Å². The van der Waals surface area contributed by atoms with Crippen molar-refractivity contribution in [2.24, 2.45) is 0 Å². The van der Waals surface area contributed by atoms with Crippen molar-refractivity contribution in [3.05, 3.63) is 48.6 Å². The minimum Gasteiger partial charge on any atom is -0.756 e. The summed E-state index contributed by atoms with van der Waals surface area (Å²) < 4.78 is 33.9. The van der Waals surface area contributed by atoms with E-state index in [1.807, 2.05) is 21.1 Å². The number of esters is 2. The van der Waals surface area contributed by atoms with Gasteiger partial charge in [-0.15, -0.1) is 0 Å². The van der Waals surface area contributed by atoms with E-state index in [0.717, 1.165) is 89.9 Å². The monoisotopic (exact) mass is 852 g/mol.